The van der Waals surface area contributed by atoms with Crippen LogP contribution >= 0.6 is 0 Å². The molecule has 2 N–H and O–H groups in total. The third-order valence-electron chi connectivity index (χ3n) is 5.82. The number of carboxylic acid groups (broad SMARTS) is 1. The molecule has 1 aromatic rings. The number of nitrogens with one attached hydrogen (secondary N) is 1. The molecule has 2 fully saturated rings. The van der Waals surface area contributed by atoms with E-state index < -0.39 is 5.97 Å². The van der Waals surface area contributed by atoms with Crippen molar-refractivity contribution in [2.75, 3.05) is 19.7 Å². The second-order valence-electron chi connectivity index (χ2n) is 7.70. The van der Waals surface area contributed by atoms with Gasteiger partial charge in [0.2, 0.25) is 5.91 Å². The van der Waals surface area contributed by atoms with Crippen LogP contribution in [-0.2, 0) is 16.1 Å². The van der Waals surface area contributed by atoms with Crippen molar-refractivity contribution in [2.45, 2.75) is 57.7 Å². The molecule has 0 radical (unpaired) electrons. The lowest BCUT2D eigenvalue weighted by atomic mass is 9.88. The largest absolute Gasteiger partial charge is 0.478 e. The summed E-state index contributed by atoms with van der Waals surface area (Å²) < 4.78 is 5.97. The quantitative estimate of drug-likeness (QED) is 0.800. The Bertz CT molecular complexity index is 640. The minimum atomic E-state index is -0.944. The van der Waals surface area contributed by atoms with E-state index in [-0.39, 0.29) is 17.5 Å². The number of piperidine rings is 1. The van der Waals surface area contributed by atoms with Crippen molar-refractivity contribution in [2.24, 2.45) is 5.92 Å². The molecule has 1 amide bonds. The summed E-state index contributed by atoms with van der Waals surface area (Å²) in [6.07, 6.45) is 6.21. The summed E-state index contributed by atoms with van der Waals surface area (Å²) in [5.41, 5.74) is 1.15. The van der Waals surface area contributed by atoms with E-state index in [1.807, 2.05) is 6.92 Å². The van der Waals surface area contributed by atoms with Crippen molar-refractivity contribution in [1.82, 2.24) is 10.2 Å². The highest BCUT2D eigenvalue weighted by atomic mass is 16.5. The topological polar surface area (TPSA) is 78.9 Å². The molecular weight excluding hydrogens is 344 g/mol. The first kappa shape index (κ1) is 19.8. The first-order valence-electron chi connectivity index (χ1n) is 10.00. The number of carboxylic acids is 1. The fraction of sp³-hybridized carbons (Fsp3) is 0.619. The molecule has 27 heavy (non-hydrogen) atoms. The minimum absolute atomic E-state index is 0.0162. The van der Waals surface area contributed by atoms with Crippen LogP contribution in [0.2, 0.25) is 0 Å². The Hall–Kier alpha value is -1.92. The van der Waals surface area contributed by atoms with Crippen molar-refractivity contribution < 1.29 is 19.4 Å². The van der Waals surface area contributed by atoms with Crippen LogP contribution in [-0.4, -0.2) is 53.7 Å². The van der Waals surface area contributed by atoms with Crippen LogP contribution in [0.15, 0.2) is 24.3 Å². The predicted octanol–water partition coefficient (Wildman–Crippen LogP) is 2.67. The summed E-state index contributed by atoms with van der Waals surface area (Å²) in [6, 6.07) is 6.44. The maximum atomic E-state index is 12.6. The van der Waals surface area contributed by atoms with E-state index in [9.17, 15) is 9.59 Å². The van der Waals surface area contributed by atoms with Crippen LogP contribution < -0.4 is 5.32 Å². The molecule has 1 aromatic carbocycles. The summed E-state index contributed by atoms with van der Waals surface area (Å²) >= 11 is 0. The maximum absolute atomic E-state index is 12.6. The zero-order valence-corrected chi connectivity index (χ0v) is 16.0. The maximum Gasteiger partial charge on any atom is 0.335 e. The molecule has 2 aliphatic rings. The molecule has 3 rings (SSSR count). The number of likely N-dealkylation sites (tertiary alicyclic amines) is 1. The highest BCUT2D eigenvalue weighted by molar-refractivity contribution is 5.87. The van der Waals surface area contributed by atoms with Gasteiger partial charge in [-0.25, -0.2) is 4.79 Å². The second kappa shape index (κ2) is 9.33. The minimum Gasteiger partial charge on any atom is -0.478 e. The van der Waals surface area contributed by atoms with E-state index in [2.05, 4.69) is 10.2 Å². The number of hydrogen-bond donors (Lipinski definition) is 2. The monoisotopic (exact) mass is 374 g/mol. The Balaban J connectivity index is 1.49. The van der Waals surface area contributed by atoms with E-state index in [4.69, 9.17) is 9.84 Å². The molecule has 148 valence electrons. The summed E-state index contributed by atoms with van der Waals surface area (Å²) in [6.45, 7) is 5.12. The van der Waals surface area contributed by atoms with Gasteiger partial charge in [-0.05, 0) is 69.2 Å². The van der Waals surface area contributed by atoms with E-state index in [0.717, 1.165) is 38.1 Å². The average molecular weight is 374 g/mol. The van der Waals surface area contributed by atoms with Gasteiger partial charge in [0.25, 0.3) is 0 Å². The van der Waals surface area contributed by atoms with Gasteiger partial charge in [-0.2, -0.15) is 0 Å². The van der Waals surface area contributed by atoms with Crippen molar-refractivity contribution >= 4 is 11.9 Å². The first-order chi connectivity index (χ1) is 13.0. The van der Waals surface area contributed by atoms with Gasteiger partial charge in [0.1, 0.15) is 0 Å². The van der Waals surface area contributed by atoms with Gasteiger partial charge < -0.3 is 15.2 Å². The van der Waals surface area contributed by atoms with Crippen molar-refractivity contribution in [3.05, 3.63) is 35.4 Å². The van der Waals surface area contributed by atoms with Gasteiger partial charge >= 0.3 is 5.97 Å². The first-order valence-corrected chi connectivity index (χ1v) is 10.00. The normalized spacial score (nSPS) is 24.9. The average Bonchev–Trinajstić information content (AvgIpc) is 2.72. The fourth-order valence-electron chi connectivity index (χ4n) is 4.10. The van der Waals surface area contributed by atoms with Gasteiger partial charge in [0, 0.05) is 19.7 Å². The van der Waals surface area contributed by atoms with Crippen LogP contribution in [0.4, 0.5) is 0 Å². The molecule has 0 spiro atoms. The lowest BCUT2D eigenvalue weighted by molar-refractivity contribution is -0.127. The summed E-state index contributed by atoms with van der Waals surface area (Å²) in [4.78, 5) is 25.8. The molecule has 0 bridgehead atoms. The fourth-order valence-corrected chi connectivity index (χ4v) is 4.10. The lowest BCUT2D eigenvalue weighted by Gasteiger charge is -2.40. The zero-order valence-electron chi connectivity index (χ0n) is 16.0. The highest BCUT2D eigenvalue weighted by Crippen LogP contribution is 2.28. The molecule has 6 nitrogen and oxygen atoms in total. The highest BCUT2D eigenvalue weighted by Gasteiger charge is 2.32. The number of carbonyl (C=O) groups excluding carboxylic acids is 1. The number of rotatable bonds is 6. The molecular formula is C21H30N2O4. The molecule has 2 heterocycles. The van der Waals surface area contributed by atoms with E-state index in [1.54, 1.807) is 24.3 Å². The summed E-state index contributed by atoms with van der Waals surface area (Å²) in [5, 5.41) is 11.9. The van der Waals surface area contributed by atoms with Gasteiger partial charge in [0.05, 0.1) is 17.7 Å². The van der Waals surface area contributed by atoms with Gasteiger partial charge in [-0.3, -0.25) is 9.69 Å². The van der Waals surface area contributed by atoms with Crippen molar-refractivity contribution in [1.29, 1.82) is 0 Å². The van der Waals surface area contributed by atoms with Crippen LogP contribution in [0.1, 0.15) is 54.9 Å². The Morgan fingerprint density at radius 2 is 2.00 bits per heavy atom. The van der Waals surface area contributed by atoms with E-state index in [1.165, 1.54) is 19.3 Å². The molecule has 3 atom stereocenters. The summed E-state index contributed by atoms with van der Waals surface area (Å²) in [5.74, 6) is -0.402. The van der Waals surface area contributed by atoms with Crippen LogP contribution in [0.3, 0.4) is 0 Å². The number of nitrogens with zero attached hydrogens (tertiary/aromatic N) is 1. The van der Waals surface area contributed by atoms with Gasteiger partial charge in [-0.15, -0.1) is 0 Å². The molecule has 2 aliphatic heterocycles. The van der Waals surface area contributed by atoms with Crippen molar-refractivity contribution in [3.63, 3.8) is 0 Å². The van der Waals surface area contributed by atoms with Crippen LogP contribution in [0, 0.1) is 5.92 Å². The van der Waals surface area contributed by atoms with E-state index >= 15 is 0 Å². The predicted molar refractivity (Wildman–Crippen MR) is 103 cm³/mol. The van der Waals surface area contributed by atoms with Crippen LogP contribution in [0.5, 0.6) is 0 Å². The number of benzene rings is 1. The van der Waals surface area contributed by atoms with Gasteiger partial charge in [0.15, 0.2) is 0 Å². The Morgan fingerprint density at radius 3 is 2.67 bits per heavy atom. The molecule has 6 heteroatoms. The number of hydrogen-bond acceptors (Lipinski definition) is 4. The zero-order chi connectivity index (χ0) is 19.2. The second-order valence-corrected chi connectivity index (χ2v) is 7.70. The molecule has 0 aromatic heterocycles. The number of amides is 1. The smallest absolute Gasteiger partial charge is 0.335 e. The Labute approximate surface area is 160 Å². The Morgan fingerprint density at radius 1 is 1.22 bits per heavy atom. The molecule has 0 saturated carbocycles. The standard InChI is InChI=1S/C21H30N2O4/c1-15(20(24)22-13-16-7-9-17(10-8-16)21(25)26)23-11-4-5-18(14-23)19-6-2-3-12-27-19/h7-10,15,18-19H,2-6,11-14H2,1H3,(H,22,24)(H,25,26). The lowest BCUT2D eigenvalue weighted by Crippen LogP contribution is -2.51. The Kier molecular flexibility index (Phi) is 6.85. The molecule has 2 saturated heterocycles. The number of aromatic carboxylic acids is 1. The number of carbonyl (C=O) groups is 2. The third kappa shape index (κ3) is 5.30. The SMILES string of the molecule is CC(C(=O)NCc1ccc(C(=O)O)cc1)N1CCCC(C2CCCCO2)C1. The molecule has 0 aliphatic carbocycles. The molecule has 3 unspecified atom stereocenters. The van der Waals surface area contributed by atoms with Crippen molar-refractivity contribution in [3.8, 4) is 0 Å². The van der Waals surface area contributed by atoms with Gasteiger partial charge in [-0.1, -0.05) is 12.1 Å². The van der Waals surface area contributed by atoms with Crippen LogP contribution in [0.25, 0.3) is 0 Å². The van der Waals surface area contributed by atoms with E-state index in [0.29, 0.717) is 18.6 Å². The summed E-state index contributed by atoms with van der Waals surface area (Å²) in [7, 11) is 0. The third-order valence-corrected chi connectivity index (χ3v) is 5.82. The number of ether oxygens (including phenoxy) is 1.